The molecular formula is C7H10O2. The largest absolute Gasteiger partial charge is 0.352 e. The molecule has 2 heterocycles. The molecule has 0 aliphatic carbocycles. The van der Waals surface area contributed by atoms with Crippen molar-refractivity contribution in [1.29, 1.82) is 0 Å². The van der Waals surface area contributed by atoms with Crippen LogP contribution in [0, 0.1) is 5.89 Å². The Morgan fingerprint density at radius 3 is 3.33 bits per heavy atom. The molecule has 2 aliphatic heterocycles. The fourth-order valence-corrected chi connectivity index (χ4v) is 1.12. The third-order valence-electron chi connectivity index (χ3n) is 1.64. The average Bonchev–Trinajstić information content (AvgIpc) is 2.34. The Morgan fingerprint density at radius 2 is 2.56 bits per heavy atom. The molecule has 2 aliphatic rings. The molecule has 0 N–H and O–H groups in total. The smallest absolute Gasteiger partial charge is 0.164 e. The highest BCUT2D eigenvalue weighted by Crippen LogP contribution is 2.33. The van der Waals surface area contributed by atoms with E-state index in [-0.39, 0.29) is 6.61 Å². The van der Waals surface area contributed by atoms with Crippen LogP contribution < -0.4 is 0 Å². The van der Waals surface area contributed by atoms with Crippen molar-refractivity contribution in [3.05, 3.63) is 12.2 Å². The van der Waals surface area contributed by atoms with Crippen molar-refractivity contribution >= 4 is 0 Å². The van der Waals surface area contributed by atoms with Gasteiger partial charge in [0.2, 0.25) is 0 Å². The van der Waals surface area contributed by atoms with Gasteiger partial charge in [0.25, 0.3) is 0 Å². The molecule has 0 unspecified atom stereocenters. The van der Waals surface area contributed by atoms with Crippen LogP contribution in [-0.4, -0.2) is 19.5 Å². The van der Waals surface area contributed by atoms with Crippen LogP contribution >= 0.6 is 0 Å². The molecule has 2 rings (SSSR count). The maximum Gasteiger partial charge on any atom is 0.164 e. The van der Waals surface area contributed by atoms with Crippen molar-refractivity contribution in [2.45, 2.75) is 12.7 Å². The first-order chi connectivity index (χ1) is 5.08. The summed E-state index contributed by atoms with van der Waals surface area (Å²) in [4.78, 5) is 0. The normalized spacial score (nSPS) is 61.1. The molecule has 50 valence electrons. The molecule has 0 radical (unpaired) electrons. The minimum atomic E-state index is -1.47. The highest BCUT2D eigenvalue weighted by Gasteiger charge is 2.36. The number of fused-ring (bicyclic) bond motifs is 1. The minimum Gasteiger partial charge on any atom is -0.352 e. The second-order valence-electron chi connectivity index (χ2n) is 2.26. The van der Waals surface area contributed by atoms with Gasteiger partial charge in [0.05, 0.1) is 14.6 Å². The lowest BCUT2D eigenvalue weighted by molar-refractivity contribution is -0.0904. The predicted molar refractivity (Wildman–Crippen MR) is 32.9 cm³/mol. The van der Waals surface area contributed by atoms with Crippen LogP contribution in [0.3, 0.4) is 0 Å². The summed E-state index contributed by atoms with van der Waals surface area (Å²) in [6, 6.07) is 0. The van der Waals surface area contributed by atoms with Crippen LogP contribution in [0.5, 0.6) is 0 Å². The number of ether oxygens (including phenoxy) is 2. The zero-order valence-electron chi connectivity index (χ0n) is 7.14. The van der Waals surface area contributed by atoms with E-state index in [1.54, 1.807) is 0 Å². The third kappa shape index (κ3) is 0.705. The summed E-state index contributed by atoms with van der Waals surface area (Å²) in [5, 5.41) is 0. The van der Waals surface area contributed by atoms with E-state index in [1.165, 1.54) is 0 Å². The summed E-state index contributed by atoms with van der Waals surface area (Å²) in [7, 11) is 0. The van der Waals surface area contributed by atoms with Gasteiger partial charge in [0.1, 0.15) is 0 Å². The van der Waals surface area contributed by atoms with Gasteiger partial charge < -0.3 is 9.47 Å². The molecule has 0 amide bonds. The lowest BCUT2D eigenvalue weighted by Gasteiger charge is -2.04. The lowest BCUT2D eigenvalue weighted by Crippen LogP contribution is -2.09. The topological polar surface area (TPSA) is 18.5 Å². The van der Waals surface area contributed by atoms with Gasteiger partial charge in [0.15, 0.2) is 6.27 Å². The van der Waals surface area contributed by atoms with E-state index in [4.69, 9.17) is 12.2 Å². The molecule has 0 aromatic carbocycles. The highest BCUT2D eigenvalue weighted by molar-refractivity contribution is 5.08. The quantitative estimate of drug-likeness (QED) is 0.452. The highest BCUT2D eigenvalue weighted by atomic mass is 16.7. The van der Waals surface area contributed by atoms with Crippen molar-refractivity contribution in [3.63, 3.8) is 0 Å². The predicted octanol–water partition coefficient (Wildman–Crippen LogP) is 0.935. The number of hydrogen-bond acceptors (Lipinski definition) is 2. The maximum absolute atomic E-state index is 7.86. The Balaban J connectivity index is 2.41. The van der Waals surface area contributed by atoms with Gasteiger partial charge in [-0.15, -0.1) is 0 Å². The first-order valence-electron chi connectivity index (χ1n) is 4.05. The summed E-state index contributed by atoms with van der Waals surface area (Å²) in [6.07, 6.45) is -0.945. The van der Waals surface area contributed by atoms with Gasteiger partial charge in [-0.25, -0.2) is 0 Å². The van der Waals surface area contributed by atoms with Gasteiger partial charge in [-0.2, -0.15) is 0 Å². The van der Waals surface area contributed by atoms with Crippen LogP contribution in [0.4, 0.5) is 0 Å². The Hall–Kier alpha value is -0.340. The molecule has 0 aromatic rings. The summed E-state index contributed by atoms with van der Waals surface area (Å²) in [6.45, 7) is 4.41. The molecule has 0 bridgehead atoms. The molecule has 9 heavy (non-hydrogen) atoms. The molecule has 2 atom stereocenters. The van der Waals surface area contributed by atoms with Crippen molar-refractivity contribution < 1.29 is 12.2 Å². The Labute approximate surface area is 57.3 Å². The second kappa shape index (κ2) is 1.82. The van der Waals surface area contributed by atoms with Gasteiger partial charge in [-0.3, -0.25) is 0 Å². The van der Waals surface area contributed by atoms with E-state index in [2.05, 4.69) is 6.58 Å². The SMILES string of the molecule is [2H][C@]12OCC[C@@]1([2H])C(=C)CO2. The van der Waals surface area contributed by atoms with Crippen LogP contribution in [0.15, 0.2) is 12.2 Å². The molecular weight excluding hydrogens is 116 g/mol. The Kier molecular flexibility index (Phi) is 0.756. The Morgan fingerprint density at radius 1 is 1.67 bits per heavy atom. The van der Waals surface area contributed by atoms with Crippen LogP contribution in [0.25, 0.3) is 0 Å². The molecule has 0 spiro atoms. The maximum atomic E-state index is 7.86. The van der Waals surface area contributed by atoms with E-state index in [0.717, 1.165) is 0 Å². The summed E-state index contributed by atoms with van der Waals surface area (Å²) in [5.41, 5.74) is 0.657. The van der Waals surface area contributed by atoms with Gasteiger partial charge >= 0.3 is 0 Å². The van der Waals surface area contributed by atoms with E-state index in [0.29, 0.717) is 18.6 Å². The van der Waals surface area contributed by atoms with Crippen molar-refractivity contribution in [1.82, 2.24) is 0 Å². The number of hydrogen-bond donors (Lipinski definition) is 0. The summed E-state index contributed by atoms with van der Waals surface area (Å²) < 4.78 is 25.6. The molecule has 2 saturated heterocycles. The zero-order valence-corrected chi connectivity index (χ0v) is 5.14. The molecule has 2 fully saturated rings. The van der Waals surface area contributed by atoms with E-state index < -0.39 is 12.2 Å². The summed E-state index contributed by atoms with van der Waals surface area (Å²) in [5.74, 6) is -1.02. The third-order valence-corrected chi connectivity index (χ3v) is 1.64. The van der Waals surface area contributed by atoms with Crippen molar-refractivity contribution in [3.8, 4) is 0 Å². The second-order valence-corrected chi connectivity index (χ2v) is 2.26. The fourth-order valence-electron chi connectivity index (χ4n) is 1.12. The van der Waals surface area contributed by atoms with Crippen LogP contribution in [0.2, 0.25) is 0 Å². The monoisotopic (exact) mass is 128 g/mol. The van der Waals surface area contributed by atoms with E-state index in [9.17, 15) is 0 Å². The minimum absolute atomic E-state index is 0.285. The van der Waals surface area contributed by atoms with Gasteiger partial charge in [-0.1, -0.05) is 6.58 Å². The van der Waals surface area contributed by atoms with E-state index in [1.807, 2.05) is 0 Å². The lowest BCUT2D eigenvalue weighted by atomic mass is 10.0. The average molecular weight is 128 g/mol. The van der Waals surface area contributed by atoms with Gasteiger partial charge in [-0.05, 0) is 12.0 Å². The zero-order chi connectivity index (χ0) is 8.11. The number of rotatable bonds is 0. The van der Waals surface area contributed by atoms with Crippen LogP contribution in [-0.2, 0) is 9.47 Å². The van der Waals surface area contributed by atoms with Gasteiger partial charge in [0, 0.05) is 7.26 Å². The standard InChI is InChI=1S/C7H10O2/c1-5-4-9-7-6(5)2-3-8-7/h6-7H,1-4H2/t6-,7+/m0/s1/i6D,7D. The van der Waals surface area contributed by atoms with E-state index >= 15 is 0 Å². The van der Waals surface area contributed by atoms with Crippen molar-refractivity contribution in [2.75, 3.05) is 13.2 Å². The molecule has 0 saturated carbocycles. The molecule has 0 aromatic heterocycles. The Bertz CT molecular complexity index is 218. The van der Waals surface area contributed by atoms with Crippen LogP contribution in [0.1, 0.15) is 9.16 Å². The fraction of sp³-hybridized carbons (Fsp3) is 0.714. The first kappa shape index (κ1) is 3.74. The first-order valence-corrected chi connectivity index (χ1v) is 3.05. The van der Waals surface area contributed by atoms with Crippen molar-refractivity contribution in [2.24, 2.45) is 5.89 Å². The molecule has 2 nitrogen and oxygen atoms in total. The summed E-state index contributed by atoms with van der Waals surface area (Å²) >= 11 is 0. The molecule has 2 heteroatoms.